The Balaban J connectivity index is 3.56. The molecule has 96 valence electrons. The Labute approximate surface area is 98.8 Å². The Bertz CT molecular complexity index is 203. The van der Waals surface area contributed by atoms with Gasteiger partial charge in [-0.05, 0) is 25.7 Å². The molecule has 0 aromatic heterocycles. The number of carbonyl (C=O) groups excluding carboxylic acids is 1. The smallest absolute Gasteiger partial charge is 0.221 e. The maximum Gasteiger partial charge on any atom is 0.221 e. The summed E-state index contributed by atoms with van der Waals surface area (Å²) in [6, 6.07) is 0.207. The van der Waals surface area contributed by atoms with E-state index in [1.165, 1.54) is 0 Å². The fourth-order valence-electron chi connectivity index (χ4n) is 1.41. The zero-order chi connectivity index (χ0) is 12.6. The molecule has 0 aliphatic heterocycles. The molecule has 0 bridgehead atoms. The molecular weight excluding hydrogens is 204 g/mol. The van der Waals surface area contributed by atoms with Gasteiger partial charge in [0.15, 0.2) is 0 Å². The van der Waals surface area contributed by atoms with Crippen LogP contribution in [-0.4, -0.2) is 36.8 Å². The highest BCUT2D eigenvalue weighted by Crippen LogP contribution is 2.17. The monoisotopic (exact) mass is 230 g/mol. The Morgan fingerprint density at radius 1 is 1.38 bits per heavy atom. The summed E-state index contributed by atoms with van der Waals surface area (Å²) < 4.78 is 0. The molecule has 0 saturated carbocycles. The van der Waals surface area contributed by atoms with E-state index in [4.69, 9.17) is 5.11 Å². The summed E-state index contributed by atoms with van der Waals surface area (Å²) in [7, 11) is 0. The summed E-state index contributed by atoms with van der Waals surface area (Å²) in [6.45, 7) is 9.83. The molecule has 0 aliphatic carbocycles. The number of nitrogens with one attached hydrogen (secondary N) is 2. The van der Waals surface area contributed by atoms with E-state index in [2.05, 4.69) is 24.5 Å². The van der Waals surface area contributed by atoms with Gasteiger partial charge in [-0.3, -0.25) is 4.79 Å². The Hall–Kier alpha value is -0.610. The molecule has 0 rings (SSSR count). The highest BCUT2D eigenvalue weighted by Gasteiger charge is 2.16. The summed E-state index contributed by atoms with van der Waals surface area (Å²) in [5.74, 6) is 0.0856. The van der Waals surface area contributed by atoms with Crippen LogP contribution in [0, 0.1) is 5.41 Å². The number of amides is 1. The zero-order valence-corrected chi connectivity index (χ0v) is 11.0. The Morgan fingerprint density at radius 2 is 2.00 bits per heavy atom. The van der Waals surface area contributed by atoms with Crippen LogP contribution in [0.2, 0.25) is 0 Å². The van der Waals surface area contributed by atoms with Gasteiger partial charge in [-0.1, -0.05) is 13.8 Å². The van der Waals surface area contributed by atoms with Gasteiger partial charge in [-0.15, -0.1) is 0 Å². The van der Waals surface area contributed by atoms with Gasteiger partial charge in [0.05, 0.1) is 0 Å². The van der Waals surface area contributed by atoms with Crippen LogP contribution < -0.4 is 10.6 Å². The zero-order valence-electron chi connectivity index (χ0n) is 11.0. The van der Waals surface area contributed by atoms with Crippen molar-refractivity contribution in [3.05, 3.63) is 0 Å². The minimum Gasteiger partial charge on any atom is -0.396 e. The van der Waals surface area contributed by atoms with Crippen molar-refractivity contribution in [2.45, 2.75) is 46.6 Å². The largest absolute Gasteiger partial charge is 0.396 e. The first kappa shape index (κ1) is 15.4. The molecule has 0 aliphatic rings. The normalized spacial score (nSPS) is 11.9. The molecule has 1 amide bonds. The molecule has 3 N–H and O–H groups in total. The maximum absolute atomic E-state index is 11.3. The first-order valence-electron chi connectivity index (χ1n) is 5.98. The molecule has 0 saturated heterocycles. The highest BCUT2D eigenvalue weighted by atomic mass is 16.3. The average molecular weight is 230 g/mol. The predicted octanol–water partition coefficient (Wildman–Crippen LogP) is 0.899. The predicted molar refractivity (Wildman–Crippen MR) is 66.2 cm³/mol. The second-order valence-corrected chi connectivity index (χ2v) is 5.29. The summed E-state index contributed by atoms with van der Waals surface area (Å²) in [5.41, 5.74) is 0.0866. The number of hydrogen-bond acceptors (Lipinski definition) is 3. The van der Waals surface area contributed by atoms with Crippen LogP contribution in [-0.2, 0) is 4.79 Å². The molecule has 0 radical (unpaired) electrons. The molecule has 0 atom stereocenters. The summed E-state index contributed by atoms with van der Waals surface area (Å²) in [6.07, 6.45) is 1.28. The molecule has 0 aromatic carbocycles. The van der Waals surface area contributed by atoms with Crippen LogP contribution in [0.15, 0.2) is 0 Å². The van der Waals surface area contributed by atoms with Crippen molar-refractivity contribution in [2.75, 3.05) is 19.7 Å². The van der Waals surface area contributed by atoms with Crippen LogP contribution in [0.3, 0.4) is 0 Å². The van der Waals surface area contributed by atoms with Gasteiger partial charge in [0.1, 0.15) is 0 Å². The van der Waals surface area contributed by atoms with Gasteiger partial charge in [-0.25, -0.2) is 0 Å². The van der Waals surface area contributed by atoms with Crippen molar-refractivity contribution in [2.24, 2.45) is 5.41 Å². The topological polar surface area (TPSA) is 61.4 Å². The molecule has 4 heteroatoms. The van der Waals surface area contributed by atoms with E-state index in [0.29, 0.717) is 13.0 Å². The van der Waals surface area contributed by atoms with E-state index in [1.54, 1.807) is 0 Å². The number of aliphatic hydroxyl groups excluding tert-OH is 1. The van der Waals surface area contributed by atoms with Crippen molar-refractivity contribution in [3.8, 4) is 0 Å². The molecular formula is C12H26N2O2. The number of hydrogen-bond donors (Lipinski definition) is 3. The third kappa shape index (κ3) is 8.68. The molecule has 4 nitrogen and oxygen atoms in total. The Morgan fingerprint density at radius 3 is 2.50 bits per heavy atom. The van der Waals surface area contributed by atoms with Crippen LogP contribution in [0.1, 0.15) is 40.5 Å². The van der Waals surface area contributed by atoms with Crippen molar-refractivity contribution in [3.63, 3.8) is 0 Å². The second-order valence-electron chi connectivity index (χ2n) is 5.29. The molecule has 0 fully saturated rings. The lowest BCUT2D eigenvalue weighted by Crippen LogP contribution is -2.35. The van der Waals surface area contributed by atoms with E-state index in [0.717, 1.165) is 13.0 Å². The first-order chi connectivity index (χ1) is 7.37. The van der Waals surface area contributed by atoms with Crippen molar-refractivity contribution in [1.29, 1.82) is 0 Å². The number of carbonyl (C=O) groups is 1. The van der Waals surface area contributed by atoms with Gasteiger partial charge in [0, 0.05) is 32.2 Å². The van der Waals surface area contributed by atoms with E-state index >= 15 is 0 Å². The van der Waals surface area contributed by atoms with Gasteiger partial charge in [0.25, 0.3) is 0 Å². The number of aliphatic hydroxyl groups is 1. The van der Waals surface area contributed by atoms with Crippen LogP contribution in [0.25, 0.3) is 0 Å². The Kier molecular flexibility index (Phi) is 7.34. The van der Waals surface area contributed by atoms with Crippen molar-refractivity contribution >= 4 is 5.91 Å². The summed E-state index contributed by atoms with van der Waals surface area (Å²) in [5, 5.41) is 14.9. The fourth-order valence-corrected chi connectivity index (χ4v) is 1.41. The van der Waals surface area contributed by atoms with Crippen LogP contribution in [0.4, 0.5) is 0 Å². The van der Waals surface area contributed by atoms with E-state index in [1.807, 2.05) is 13.8 Å². The van der Waals surface area contributed by atoms with Gasteiger partial charge < -0.3 is 15.7 Å². The van der Waals surface area contributed by atoms with Crippen molar-refractivity contribution in [1.82, 2.24) is 10.6 Å². The second kappa shape index (κ2) is 7.63. The third-order valence-electron chi connectivity index (χ3n) is 2.37. The lowest BCUT2D eigenvalue weighted by molar-refractivity contribution is -0.121. The van der Waals surface area contributed by atoms with E-state index in [9.17, 15) is 4.79 Å². The first-order valence-corrected chi connectivity index (χ1v) is 5.98. The van der Waals surface area contributed by atoms with Gasteiger partial charge >= 0.3 is 0 Å². The molecule has 16 heavy (non-hydrogen) atoms. The molecule has 0 heterocycles. The van der Waals surface area contributed by atoms with Gasteiger partial charge in [0.2, 0.25) is 5.91 Å². The summed E-state index contributed by atoms with van der Waals surface area (Å²) >= 11 is 0. The minimum atomic E-state index is 0.0856. The van der Waals surface area contributed by atoms with E-state index in [-0.39, 0.29) is 24.0 Å². The van der Waals surface area contributed by atoms with Crippen LogP contribution >= 0.6 is 0 Å². The van der Waals surface area contributed by atoms with Crippen molar-refractivity contribution < 1.29 is 9.90 Å². The quantitative estimate of drug-likeness (QED) is 0.543. The van der Waals surface area contributed by atoms with Gasteiger partial charge in [-0.2, -0.15) is 0 Å². The average Bonchev–Trinajstić information content (AvgIpc) is 2.11. The summed E-state index contributed by atoms with van der Waals surface area (Å²) in [4.78, 5) is 11.3. The third-order valence-corrected chi connectivity index (χ3v) is 2.37. The number of rotatable bonds is 8. The molecule has 0 unspecified atom stereocenters. The maximum atomic E-state index is 11.3. The fraction of sp³-hybridized carbons (Fsp3) is 0.917. The standard InChI is InChI=1S/C12H26N2O2/c1-10(2)14-11(16)5-7-13-9-12(3,4)6-8-15/h10,13,15H,5-9H2,1-4H3,(H,14,16). The van der Waals surface area contributed by atoms with E-state index < -0.39 is 0 Å². The lowest BCUT2D eigenvalue weighted by atomic mass is 9.90. The lowest BCUT2D eigenvalue weighted by Gasteiger charge is -2.23. The van der Waals surface area contributed by atoms with Crippen LogP contribution in [0.5, 0.6) is 0 Å². The molecule has 0 aromatic rings. The SMILES string of the molecule is CC(C)NC(=O)CCNCC(C)(C)CCO. The molecule has 0 spiro atoms. The highest BCUT2D eigenvalue weighted by molar-refractivity contribution is 5.76. The minimum absolute atomic E-state index is 0.0856.